The van der Waals surface area contributed by atoms with Gasteiger partial charge in [-0.3, -0.25) is 9.59 Å². The van der Waals surface area contributed by atoms with Gasteiger partial charge >= 0.3 is 0 Å². The number of morpholine rings is 1. The smallest absolute Gasteiger partial charge is 0.237 e. The Morgan fingerprint density at radius 3 is 2.80 bits per heavy atom. The van der Waals surface area contributed by atoms with E-state index in [1.165, 1.54) is 4.90 Å². The van der Waals surface area contributed by atoms with Crippen molar-refractivity contribution in [1.82, 2.24) is 9.80 Å². The third kappa shape index (κ3) is 5.85. The minimum atomic E-state index is -0.521. The molecule has 0 aliphatic carbocycles. The molecule has 0 saturated carbocycles. The lowest BCUT2D eigenvalue weighted by atomic mass is 10.2. The topological polar surface area (TPSA) is 85.1 Å². The van der Waals surface area contributed by atoms with E-state index in [2.05, 4.69) is 4.90 Å². The highest BCUT2D eigenvalue weighted by Crippen LogP contribution is 2.08. The first kappa shape index (κ1) is 16.9. The first-order valence-corrected chi connectivity index (χ1v) is 6.81. The van der Waals surface area contributed by atoms with Gasteiger partial charge in [-0.25, -0.2) is 0 Å². The van der Waals surface area contributed by atoms with E-state index in [-0.39, 0.29) is 31.1 Å². The van der Waals surface area contributed by atoms with E-state index in [0.717, 1.165) is 13.1 Å². The number of nitrogens with two attached hydrogens (primary N) is 1. The third-order valence-corrected chi connectivity index (χ3v) is 3.33. The number of likely N-dealkylation sites (N-methyl/N-ethyl adjacent to an activating group) is 1. The molecule has 1 fully saturated rings. The summed E-state index contributed by atoms with van der Waals surface area (Å²) in [5.74, 6) is -0.664. The highest BCUT2D eigenvalue weighted by molar-refractivity contribution is 5.84. The molecule has 1 rings (SSSR count). The van der Waals surface area contributed by atoms with E-state index in [0.29, 0.717) is 13.2 Å². The monoisotopic (exact) mass is 287 g/mol. The van der Waals surface area contributed by atoms with Crippen LogP contribution in [0.3, 0.4) is 0 Å². The van der Waals surface area contributed by atoms with Crippen molar-refractivity contribution in [2.45, 2.75) is 25.6 Å². The largest absolute Gasteiger partial charge is 0.381 e. The van der Waals surface area contributed by atoms with Gasteiger partial charge in [0.05, 0.1) is 31.8 Å². The van der Waals surface area contributed by atoms with Gasteiger partial charge < -0.3 is 25.0 Å². The Hall–Kier alpha value is -1.18. The average molecular weight is 287 g/mol. The van der Waals surface area contributed by atoms with Crippen LogP contribution >= 0.6 is 0 Å². The van der Waals surface area contributed by atoms with Crippen molar-refractivity contribution < 1.29 is 19.1 Å². The highest BCUT2D eigenvalue weighted by Gasteiger charge is 2.25. The van der Waals surface area contributed by atoms with Gasteiger partial charge in [0.15, 0.2) is 0 Å². The van der Waals surface area contributed by atoms with Gasteiger partial charge in [-0.05, 0) is 14.0 Å². The first-order valence-electron chi connectivity index (χ1n) is 6.81. The van der Waals surface area contributed by atoms with Gasteiger partial charge in [0.25, 0.3) is 0 Å². The number of amides is 2. The van der Waals surface area contributed by atoms with Crippen molar-refractivity contribution in [2.24, 2.45) is 5.73 Å². The number of ether oxygens (including phenoxy) is 2. The molecule has 1 heterocycles. The van der Waals surface area contributed by atoms with Gasteiger partial charge in [0, 0.05) is 26.7 Å². The van der Waals surface area contributed by atoms with Crippen LogP contribution in [0.5, 0.6) is 0 Å². The lowest BCUT2D eigenvalue weighted by molar-refractivity contribution is -0.140. The second kappa shape index (κ2) is 8.18. The summed E-state index contributed by atoms with van der Waals surface area (Å²) >= 11 is 0. The van der Waals surface area contributed by atoms with Crippen LogP contribution in [-0.4, -0.2) is 80.8 Å². The summed E-state index contributed by atoms with van der Waals surface area (Å²) in [7, 11) is 3.55. The van der Waals surface area contributed by atoms with Crippen molar-refractivity contribution in [1.29, 1.82) is 0 Å². The summed E-state index contributed by atoms with van der Waals surface area (Å²) < 4.78 is 10.7. The van der Waals surface area contributed by atoms with E-state index >= 15 is 0 Å². The Labute approximate surface area is 120 Å². The van der Waals surface area contributed by atoms with E-state index in [1.54, 1.807) is 7.11 Å². The second-order valence-electron chi connectivity index (χ2n) is 5.25. The van der Waals surface area contributed by atoms with Gasteiger partial charge in [-0.2, -0.15) is 0 Å². The minimum Gasteiger partial charge on any atom is -0.381 e. The molecule has 1 saturated heterocycles. The third-order valence-electron chi connectivity index (χ3n) is 3.33. The fraction of sp³-hybridized carbons (Fsp3) is 0.846. The Morgan fingerprint density at radius 2 is 2.25 bits per heavy atom. The molecule has 20 heavy (non-hydrogen) atoms. The maximum Gasteiger partial charge on any atom is 0.237 e. The number of carbonyl (C=O) groups is 2. The molecule has 2 amide bonds. The van der Waals surface area contributed by atoms with E-state index < -0.39 is 5.91 Å². The minimum absolute atomic E-state index is 0.0845. The van der Waals surface area contributed by atoms with E-state index in [9.17, 15) is 9.59 Å². The fourth-order valence-corrected chi connectivity index (χ4v) is 2.12. The van der Waals surface area contributed by atoms with Crippen LogP contribution in [0.1, 0.15) is 13.3 Å². The molecule has 2 atom stereocenters. The molecule has 7 nitrogen and oxygen atoms in total. The van der Waals surface area contributed by atoms with Crippen molar-refractivity contribution in [3.63, 3.8) is 0 Å². The summed E-state index contributed by atoms with van der Waals surface area (Å²) in [5.41, 5.74) is 5.21. The molecule has 2 N–H and O–H groups in total. The predicted molar refractivity (Wildman–Crippen MR) is 74.1 cm³/mol. The summed E-state index contributed by atoms with van der Waals surface area (Å²) in [5, 5.41) is 0. The molecule has 0 spiro atoms. The predicted octanol–water partition coefficient (Wildman–Crippen LogP) is -0.944. The van der Waals surface area contributed by atoms with Crippen molar-refractivity contribution in [3.8, 4) is 0 Å². The van der Waals surface area contributed by atoms with Crippen LogP contribution in [0.25, 0.3) is 0 Å². The number of carbonyl (C=O) groups excluding carboxylic acids is 2. The number of hydrogen-bond acceptors (Lipinski definition) is 5. The van der Waals surface area contributed by atoms with E-state index in [4.69, 9.17) is 15.2 Å². The molecule has 116 valence electrons. The summed E-state index contributed by atoms with van der Waals surface area (Å²) in [4.78, 5) is 26.9. The maximum absolute atomic E-state index is 12.2. The normalized spacial score (nSPS) is 21.4. The molecule has 7 heteroatoms. The Bertz CT molecular complexity index is 338. The molecule has 0 bridgehead atoms. The average Bonchev–Trinajstić information content (AvgIpc) is 2.37. The number of hydrogen-bond donors (Lipinski definition) is 1. The number of primary amides is 1. The molecule has 1 aliphatic heterocycles. The van der Waals surface area contributed by atoms with Crippen molar-refractivity contribution >= 4 is 11.8 Å². The van der Waals surface area contributed by atoms with Crippen molar-refractivity contribution in [3.05, 3.63) is 0 Å². The Kier molecular flexibility index (Phi) is 6.90. The van der Waals surface area contributed by atoms with Gasteiger partial charge in [0.2, 0.25) is 11.8 Å². The Balaban J connectivity index is 2.58. The molecular formula is C13H25N3O4. The second-order valence-corrected chi connectivity index (χ2v) is 5.25. The zero-order valence-electron chi connectivity index (χ0n) is 12.5. The molecule has 0 aromatic heterocycles. The zero-order valence-corrected chi connectivity index (χ0v) is 12.5. The SMILES string of the molecule is COC(C)CC(=O)N(CC(N)=O)CC1CN(C)CCO1. The maximum atomic E-state index is 12.2. The lowest BCUT2D eigenvalue weighted by Gasteiger charge is -2.33. The lowest BCUT2D eigenvalue weighted by Crippen LogP contribution is -2.49. The van der Waals surface area contributed by atoms with Crippen LogP contribution in [0.2, 0.25) is 0 Å². The number of methoxy groups -OCH3 is 1. The molecule has 0 aromatic rings. The summed E-state index contributed by atoms with van der Waals surface area (Å²) in [6.45, 7) is 4.35. The quantitative estimate of drug-likeness (QED) is 0.653. The van der Waals surface area contributed by atoms with Gasteiger partial charge in [-0.15, -0.1) is 0 Å². The first-order chi connectivity index (χ1) is 9.42. The zero-order chi connectivity index (χ0) is 15.1. The van der Waals surface area contributed by atoms with Crippen LogP contribution < -0.4 is 5.73 Å². The fourth-order valence-electron chi connectivity index (χ4n) is 2.12. The van der Waals surface area contributed by atoms with Crippen LogP contribution in [0.15, 0.2) is 0 Å². The highest BCUT2D eigenvalue weighted by atomic mass is 16.5. The summed E-state index contributed by atoms with van der Waals surface area (Å²) in [6.07, 6.45) is -0.0467. The van der Waals surface area contributed by atoms with Gasteiger partial charge in [-0.1, -0.05) is 0 Å². The molecule has 2 unspecified atom stereocenters. The van der Waals surface area contributed by atoms with Crippen LogP contribution in [0.4, 0.5) is 0 Å². The van der Waals surface area contributed by atoms with Crippen LogP contribution in [0, 0.1) is 0 Å². The van der Waals surface area contributed by atoms with Crippen LogP contribution in [-0.2, 0) is 19.1 Å². The molecule has 1 aliphatic rings. The van der Waals surface area contributed by atoms with Gasteiger partial charge in [0.1, 0.15) is 0 Å². The molecule has 0 radical (unpaired) electrons. The van der Waals surface area contributed by atoms with Crippen molar-refractivity contribution in [2.75, 3.05) is 46.9 Å². The Morgan fingerprint density at radius 1 is 1.55 bits per heavy atom. The summed E-state index contributed by atoms with van der Waals surface area (Å²) in [6, 6.07) is 0. The molecule has 0 aromatic carbocycles. The number of nitrogens with zero attached hydrogens (tertiary/aromatic N) is 2. The standard InChI is InChI=1S/C13H25N3O4/c1-10(19-3)6-13(18)16(9-12(14)17)8-11-7-15(2)4-5-20-11/h10-11H,4-9H2,1-3H3,(H2,14,17). The van der Waals surface area contributed by atoms with E-state index in [1.807, 2.05) is 14.0 Å². The molecular weight excluding hydrogens is 262 g/mol. The number of rotatable bonds is 7.